The van der Waals surface area contributed by atoms with Gasteiger partial charge in [0.15, 0.2) is 0 Å². The second-order valence-electron chi connectivity index (χ2n) is 8.01. The SMILES string of the molecule is CC[C@H](C)[C@H](NC(=O)[C@@H](N)Cc1ccccc1)C(=O)NCC(=O)N[C@H](C(=O)O)C(C)C. The van der Waals surface area contributed by atoms with E-state index in [1.807, 2.05) is 44.2 Å². The molecule has 0 heterocycles. The van der Waals surface area contributed by atoms with Crippen LogP contribution in [0.2, 0.25) is 0 Å². The molecule has 0 spiro atoms. The maximum absolute atomic E-state index is 12.7. The van der Waals surface area contributed by atoms with E-state index in [2.05, 4.69) is 16.0 Å². The average molecular weight is 435 g/mol. The highest BCUT2D eigenvalue weighted by atomic mass is 16.4. The summed E-state index contributed by atoms with van der Waals surface area (Å²) < 4.78 is 0. The van der Waals surface area contributed by atoms with Gasteiger partial charge in [0.2, 0.25) is 17.7 Å². The normalized spacial score (nSPS) is 14.8. The zero-order valence-corrected chi connectivity index (χ0v) is 18.6. The number of carboxylic acids is 1. The summed E-state index contributed by atoms with van der Waals surface area (Å²) in [5, 5.41) is 16.7. The van der Waals surface area contributed by atoms with Crippen molar-refractivity contribution in [3.63, 3.8) is 0 Å². The minimum absolute atomic E-state index is 0.196. The smallest absolute Gasteiger partial charge is 0.326 e. The Kier molecular flexibility index (Phi) is 10.7. The summed E-state index contributed by atoms with van der Waals surface area (Å²) in [6, 6.07) is 6.57. The number of hydrogen-bond donors (Lipinski definition) is 5. The summed E-state index contributed by atoms with van der Waals surface area (Å²) in [5.74, 6) is -3.26. The zero-order chi connectivity index (χ0) is 23.6. The highest BCUT2D eigenvalue weighted by molar-refractivity contribution is 5.92. The number of nitrogens with two attached hydrogens (primary N) is 1. The molecule has 1 aromatic rings. The fourth-order valence-corrected chi connectivity index (χ4v) is 2.94. The molecule has 9 heteroatoms. The van der Waals surface area contributed by atoms with Crippen molar-refractivity contribution in [3.8, 4) is 0 Å². The summed E-state index contributed by atoms with van der Waals surface area (Å²) >= 11 is 0. The van der Waals surface area contributed by atoms with E-state index in [1.54, 1.807) is 13.8 Å². The molecule has 31 heavy (non-hydrogen) atoms. The molecule has 3 amide bonds. The molecule has 0 saturated carbocycles. The van der Waals surface area contributed by atoms with Crippen LogP contribution >= 0.6 is 0 Å². The first-order valence-electron chi connectivity index (χ1n) is 10.5. The fraction of sp³-hybridized carbons (Fsp3) is 0.545. The predicted molar refractivity (Wildman–Crippen MR) is 117 cm³/mol. The summed E-state index contributed by atoms with van der Waals surface area (Å²) in [6.07, 6.45) is 0.947. The van der Waals surface area contributed by atoms with Crippen molar-refractivity contribution in [3.05, 3.63) is 35.9 Å². The van der Waals surface area contributed by atoms with Crippen LogP contribution in [0, 0.1) is 11.8 Å². The molecule has 172 valence electrons. The van der Waals surface area contributed by atoms with Crippen molar-refractivity contribution in [2.24, 2.45) is 17.6 Å². The second-order valence-corrected chi connectivity index (χ2v) is 8.01. The van der Waals surface area contributed by atoms with Gasteiger partial charge in [-0.25, -0.2) is 4.79 Å². The van der Waals surface area contributed by atoms with Crippen molar-refractivity contribution in [2.75, 3.05) is 6.54 Å². The number of carbonyl (C=O) groups is 4. The third-order valence-electron chi connectivity index (χ3n) is 5.10. The van der Waals surface area contributed by atoms with E-state index < -0.39 is 48.4 Å². The number of amides is 3. The maximum atomic E-state index is 12.7. The molecular formula is C22H34N4O5. The molecule has 4 atom stereocenters. The Morgan fingerprint density at radius 3 is 2.10 bits per heavy atom. The number of hydrogen-bond acceptors (Lipinski definition) is 5. The highest BCUT2D eigenvalue weighted by Crippen LogP contribution is 2.09. The summed E-state index contributed by atoms with van der Waals surface area (Å²) in [6.45, 7) is 6.64. The number of benzene rings is 1. The van der Waals surface area contributed by atoms with Gasteiger partial charge < -0.3 is 26.8 Å². The molecule has 6 N–H and O–H groups in total. The van der Waals surface area contributed by atoms with E-state index in [1.165, 1.54) is 0 Å². The van der Waals surface area contributed by atoms with Gasteiger partial charge in [0.1, 0.15) is 12.1 Å². The van der Waals surface area contributed by atoms with Crippen LogP contribution in [0.15, 0.2) is 30.3 Å². The van der Waals surface area contributed by atoms with Gasteiger partial charge in [-0.3, -0.25) is 14.4 Å². The van der Waals surface area contributed by atoms with E-state index in [0.29, 0.717) is 12.8 Å². The van der Waals surface area contributed by atoms with Crippen molar-refractivity contribution < 1.29 is 24.3 Å². The lowest BCUT2D eigenvalue weighted by Gasteiger charge is -2.25. The Labute approximate surface area is 183 Å². The minimum atomic E-state index is -1.15. The van der Waals surface area contributed by atoms with Crippen LogP contribution in [0.25, 0.3) is 0 Å². The van der Waals surface area contributed by atoms with Gasteiger partial charge in [-0.1, -0.05) is 64.4 Å². The molecule has 0 aliphatic carbocycles. The van der Waals surface area contributed by atoms with Gasteiger partial charge in [-0.15, -0.1) is 0 Å². The Bertz CT molecular complexity index is 754. The fourth-order valence-electron chi connectivity index (χ4n) is 2.94. The largest absolute Gasteiger partial charge is 0.480 e. The van der Waals surface area contributed by atoms with Crippen LogP contribution in [0.3, 0.4) is 0 Å². The molecule has 9 nitrogen and oxygen atoms in total. The Morgan fingerprint density at radius 2 is 1.58 bits per heavy atom. The van der Waals surface area contributed by atoms with Crippen LogP contribution in [0.4, 0.5) is 0 Å². The average Bonchev–Trinajstić information content (AvgIpc) is 2.73. The summed E-state index contributed by atoms with van der Waals surface area (Å²) in [4.78, 5) is 48.5. The lowest BCUT2D eigenvalue weighted by Crippen LogP contribution is -2.56. The van der Waals surface area contributed by atoms with E-state index in [0.717, 1.165) is 5.56 Å². The van der Waals surface area contributed by atoms with Gasteiger partial charge in [-0.2, -0.15) is 0 Å². The minimum Gasteiger partial charge on any atom is -0.480 e. The van der Waals surface area contributed by atoms with Crippen LogP contribution < -0.4 is 21.7 Å². The van der Waals surface area contributed by atoms with E-state index >= 15 is 0 Å². The van der Waals surface area contributed by atoms with Crippen molar-refractivity contribution in [1.82, 2.24) is 16.0 Å². The van der Waals surface area contributed by atoms with Gasteiger partial charge in [-0.05, 0) is 23.8 Å². The Balaban J connectivity index is 2.69. The Hall–Kier alpha value is -2.94. The predicted octanol–water partition coefficient (Wildman–Crippen LogP) is 0.429. The quantitative estimate of drug-likeness (QED) is 0.322. The van der Waals surface area contributed by atoms with E-state index in [4.69, 9.17) is 10.8 Å². The number of carboxylic acid groups (broad SMARTS) is 1. The molecule has 0 bridgehead atoms. The molecular weight excluding hydrogens is 400 g/mol. The molecule has 0 saturated heterocycles. The van der Waals surface area contributed by atoms with Gasteiger partial charge in [0.25, 0.3) is 0 Å². The van der Waals surface area contributed by atoms with E-state index in [9.17, 15) is 19.2 Å². The van der Waals surface area contributed by atoms with Crippen molar-refractivity contribution in [2.45, 2.75) is 58.7 Å². The number of carbonyl (C=O) groups excluding carboxylic acids is 3. The first-order valence-corrected chi connectivity index (χ1v) is 10.5. The highest BCUT2D eigenvalue weighted by Gasteiger charge is 2.29. The van der Waals surface area contributed by atoms with E-state index in [-0.39, 0.29) is 11.8 Å². The van der Waals surface area contributed by atoms with Gasteiger partial charge in [0.05, 0.1) is 12.6 Å². The third kappa shape index (κ3) is 8.75. The molecule has 0 aromatic heterocycles. The monoisotopic (exact) mass is 434 g/mol. The number of rotatable bonds is 12. The summed E-state index contributed by atoms with van der Waals surface area (Å²) in [7, 11) is 0. The zero-order valence-electron chi connectivity index (χ0n) is 18.6. The first kappa shape index (κ1) is 26.1. The van der Waals surface area contributed by atoms with Crippen molar-refractivity contribution >= 4 is 23.7 Å². The second kappa shape index (κ2) is 12.7. The Morgan fingerprint density at radius 1 is 0.968 bits per heavy atom. The molecule has 1 aromatic carbocycles. The van der Waals surface area contributed by atoms with Crippen molar-refractivity contribution in [1.29, 1.82) is 0 Å². The van der Waals surface area contributed by atoms with Crippen LogP contribution in [0.1, 0.15) is 39.7 Å². The summed E-state index contributed by atoms with van der Waals surface area (Å²) in [5.41, 5.74) is 6.92. The first-order chi connectivity index (χ1) is 14.6. The topological polar surface area (TPSA) is 151 Å². The molecule has 0 aliphatic heterocycles. The molecule has 0 aliphatic rings. The standard InChI is InChI=1S/C22H34N4O5/c1-5-14(4)19(26-20(28)16(23)11-15-9-7-6-8-10-15)21(29)24-12-17(27)25-18(13(2)3)22(30)31/h6-10,13-14,16,18-19H,5,11-12,23H2,1-4H3,(H,24,29)(H,25,27)(H,26,28)(H,30,31)/t14-,16-,18-,19-/m0/s1. The van der Waals surface area contributed by atoms with Gasteiger partial charge >= 0.3 is 5.97 Å². The van der Waals surface area contributed by atoms with Crippen LogP contribution in [-0.4, -0.2) is 53.5 Å². The lowest BCUT2D eigenvalue weighted by molar-refractivity contribution is -0.143. The number of aliphatic carboxylic acids is 1. The molecule has 0 fully saturated rings. The number of nitrogens with one attached hydrogen (secondary N) is 3. The third-order valence-corrected chi connectivity index (χ3v) is 5.10. The van der Waals surface area contributed by atoms with Crippen LogP contribution in [-0.2, 0) is 25.6 Å². The maximum Gasteiger partial charge on any atom is 0.326 e. The molecule has 0 unspecified atom stereocenters. The molecule has 1 rings (SSSR count). The lowest BCUT2D eigenvalue weighted by atomic mass is 9.97. The molecule has 0 radical (unpaired) electrons. The van der Waals surface area contributed by atoms with Crippen LogP contribution in [0.5, 0.6) is 0 Å². The van der Waals surface area contributed by atoms with Gasteiger partial charge in [0, 0.05) is 0 Å².